The van der Waals surface area contributed by atoms with Gasteiger partial charge in [0.2, 0.25) is 0 Å². The predicted molar refractivity (Wildman–Crippen MR) is 127 cm³/mol. The van der Waals surface area contributed by atoms with Crippen LogP contribution < -0.4 is 10.6 Å². The Kier molecular flexibility index (Phi) is 12.7. The molecule has 1 aliphatic rings. The zero-order chi connectivity index (χ0) is 19.5. The SMILES string of the molecule is CCN1CCN(CCCCNC(=NC)NCCc2ccc(F)cc2C)CC1.I. The van der Waals surface area contributed by atoms with Crippen molar-refractivity contribution in [1.29, 1.82) is 0 Å². The largest absolute Gasteiger partial charge is 0.356 e. The van der Waals surface area contributed by atoms with Crippen LogP contribution in [0.5, 0.6) is 0 Å². The molecule has 0 aromatic heterocycles. The van der Waals surface area contributed by atoms with E-state index in [9.17, 15) is 4.39 Å². The lowest BCUT2D eigenvalue weighted by Crippen LogP contribution is -2.46. The van der Waals surface area contributed by atoms with E-state index in [0.29, 0.717) is 0 Å². The average Bonchev–Trinajstić information content (AvgIpc) is 2.68. The van der Waals surface area contributed by atoms with E-state index in [-0.39, 0.29) is 29.8 Å². The van der Waals surface area contributed by atoms with Crippen molar-refractivity contribution < 1.29 is 4.39 Å². The Hall–Kier alpha value is -0.930. The molecule has 0 spiro atoms. The molecule has 7 heteroatoms. The lowest BCUT2D eigenvalue weighted by molar-refractivity contribution is 0.136. The highest BCUT2D eigenvalue weighted by Gasteiger charge is 2.14. The summed E-state index contributed by atoms with van der Waals surface area (Å²) < 4.78 is 13.2. The van der Waals surface area contributed by atoms with E-state index in [1.807, 2.05) is 13.0 Å². The van der Waals surface area contributed by atoms with E-state index in [2.05, 4.69) is 32.3 Å². The maximum Gasteiger partial charge on any atom is 0.190 e. The summed E-state index contributed by atoms with van der Waals surface area (Å²) in [7, 11) is 1.80. The van der Waals surface area contributed by atoms with Gasteiger partial charge in [-0.1, -0.05) is 13.0 Å². The minimum atomic E-state index is -0.172. The summed E-state index contributed by atoms with van der Waals surface area (Å²) in [6.07, 6.45) is 3.22. The normalized spacial score (nSPS) is 15.9. The summed E-state index contributed by atoms with van der Waals surface area (Å²) in [6, 6.07) is 4.98. The van der Waals surface area contributed by atoms with Crippen LogP contribution in [0.25, 0.3) is 0 Å². The first-order chi connectivity index (χ1) is 13.1. The first-order valence-electron chi connectivity index (χ1n) is 10.3. The fraction of sp³-hybridized carbons (Fsp3) is 0.667. The highest BCUT2D eigenvalue weighted by atomic mass is 127. The second-order valence-electron chi connectivity index (χ2n) is 7.23. The maximum absolute atomic E-state index is 13.2. The average molecular weight is 505 g/mol. The van der Waals surface area contributed by atoms with Crippen LogP contribution in [0.2, 0.25) is 0 Å². The van der Waals surface area contributed by atoms with Crippen LogP contribution in [0.3, 0.4) is 0 Å². The second kappa shape index (κ2) is 14.1. The van der Waals surface area contributed by atoms with Crippen molar-refractivity contribution >= 4 is 29.9 Å². The third-order valence-corrected chi connectivity index (χ3v) is 5.32. The minimum Gasteiger partial charge on any atom is -0.356 e. The molecule has 1 aromatic rings. The molecule has 0 unspecified atom stereocenters. The van der Waals surface area contributed by atoms with E-state index in [4.69, 9.17) is 0 Å². The standard InChI is InChI=1S/C21H36FN5.HI/c1-4-26-13-15-27(16-14-26)12-6-5-10-24-21(23-3)25-11-9-19-7-8-20(22)17-18(19)2;/h7-8,17H,4-6,9-16H2,1-3H3,(H2,23,24,25);1H. The highest BCUT2D eigenvalue weighted by Crippen LogP contribution is 2.10. The minimum absolute atomic E-state index is 0. The van der Waals surface area contributed by atoms with Crippen molar-refractivity contribution in [2.45, 2.75) is 33.1 Å². The van der Waals surface area contributed by atoms with E-state index in [1.54, 1.807) is 13.1 Å². The van der Waals surface area contributed by atoms with Gasteiger partial charge in [0.05, 0.1) is 0 Å². The Morgan fingerprint density at radius 2 is 1.75 bits per heavy atom. The van der Waals surface area contributed by atoms with E-state index in [1.165, 1.54) is 57.3 Å². The number of aryl methyl sites for hydroxylation is 1. The van der Waals surface area contributed by atoms with Gasteiger partial charge >= 0.3 is 0 Å². The van der Waals surface area contributed by atoms with Crippen molar-refractivity contribution in [3.63, 3.8) is 0 Å². The summed E-state index contributed by atoms with van der Waals surface area (Å²) in [5.74, 6) is 0.667. The van der Waals surface area contributed by atoms with Gasteiger partial charge in [0.1, 0.15) is 5.82 Å². The zero-order valence-corrected chi connectivity index (χ0v) is 20.0. The molecule has 160 valence electrons. The van der Waals surface area contributed by atoms with Gasteiger partial charge < -0.3 is 20.4 Å². The zero-order valence-electron chi connectivity index (χ0n) is 17.6. The topological polar surface area (TPSA) is 42.9 Å². The number of nitrogens with one attached hydrogen (secondary N) is 2. The van der Waals surface area contributed by atoms with Crippen LogP contribution in [0, 0.1) is 12.7 Å². The lowest BCUT2D eigenvalue weighted by Gasteiger charge is -2.34. The molecule has 1 aliphatic heterocycles. The van der Waals surface area contributed by atoms with E-state index < -0.39 is 0 Å². The van der Waals surface area contributed by atoms with E-state index >= 15 is 0 Å². The number of likely N-dealkylation sites (N-methyl/N-ethyl adjacent to an activating group) is 1. The number of nitrogens with zero attached hydrogens (tertiary/aromatic N) is 3. The van der Waals surface area contributed by atoms with Gasteiger partial charge in [0, 0.05) is 46.3 Å². The van der Waals surface area contributed by atoms with Crippen LogP contribution in [-0.4, -0.2) is 75.2 Å². The third kappa shape index (κ3) is 9.05. The third-order valence-electron chi connectivity index (χ3n) is 5.32. The van der Waals surface area contributed by atoms with Crippen molar-refractivity contribution in [2.24, 2.45) is 4.99 Å². The van der Waals surface area contributed by atoms with Crippen LogP contribution in [-0.2, 0) is 6.42 Å². The molecule has 5 nitrogen and oxygen atoms in total. The smallest absolute Gasteiger partial charge is 0.190 e. The predicted octanol–water partition coefficient (Wildman–Crippen LogP) is 2.88. The molecular weight excluding hydrogens is 468 g/mol. The molecule has 0 amide bonds. The monoisotopic (exact) mass is 505 g/mol. The number of hydrogen-bond acceptors (Lipinski definition) is 3. The summed E-state index contributed by atoms with van der Waals surface area (Å²) in [4.78, 5) is 9.37. The van der Waals surface area contributed by atoms with Crippen LogP contribution in [0.1, 0.15) is 30.9 Å². The molecule has 1 heterocycles. The highest BCUT2D eigenvalue weighted by molar-refractivity contribution is 14.0. The molecular formula is C21H37FIN5. The van der Waals surface area contributed by atoms with Crippen LogP contribution in [0.4, 0.5) is 4.39 Å². The molecule has 28 heavy (non-hydrogen) atoms. The van der Waals surface area contributed by atoms with E-state index in [0.717, 1.165) is 37.5 Å². The molecule has 1 aromatic carbocycles. The number of halogens is 2. The Labute approximate surface area is 187 Å². The Balaban J connectivity index is 0.00000392. The van der Waals surface area contributed by atoms with Gasteiger partial charge in [-0.25, -0.2) is 4.39 Å². The molecule has 0 saturated carbocycles. The molecule has 2 rings (SSSR count). The summed E-state index contributed by atoms with van der Waals surface area (Å²) in [6.45, 7) is 13.1. The van der Waals surface area contributed by atoms with Gasteiger partial charge in [0.15, 0.2) is 5.96 Å². The Morgan fingerprint density at radius 3 is 2.39 bits per heavy atom. The molecule has 0 aliphatic carbocycles. The van der Waals surface area contributed by atoms with Gasteiger partial charge in [-0.05, 0) is 62.5 Å². The number of piperazine rings is 1. The number of rotatable bonds is 9. The number of benzene rings is 1. The molecule has 2 N–H and O–H groups in total. The number of unbranched alkanes of at least 4 members (excludes halogenated alkanes) is 1. The number of guanidine groups is 1. The summed E-state index contributed by atoms with van der Waals surface area (Å²) in [5.41, 5.74) is 2.17. The lowest BCUT2D eigenvalue weighted by atomic mass is 10.1. The van der Waals surface area contributed by atoms with Gasteiger partial charge in [-0.15, -0.1) is 24.0 Å². The first kappa shape index (κ1) is 25.1. The molecule has 1 saturated heterocycles. The molecule has 0 bridgehead atoms. The van der Waals surface area contributed by atoms with Gasteiger partial charge in [0.25, 0.3) is 0 Å². The molecule has 1 fully saturated rings. The second-order valence-corrected chi connectivity index (χ2v) is 7.23. The fourth-order valence-corrected chi connectivity index (χ4v) is 3.47. The van der Waals surface area contributed by atoms with Crippen molar-refractivity contribution in [3.05, 3.63) is 35.1 Å². The maximum atomic E-state index is 13.2. The van der Waals surface area contributed by atoms with Crippen molar-refractivity contribution in [3.8, 4) is 0 Å². The first-order valence-corrected chi connectivity index (χ1v) is 10.3. The Morgan fingerprint density at radius 1 is 1.07 bits per heavy atom. The quantitative estimate of drug-likeness (QED) is 0.235. The van der Waals surface area contributed by atoms with Crippen LogP contribution >= 0.6 is 24.0 Å². The van der Waals surface area contributed by atoms with Crippen molar-refractivity contribution in [1.82, 2.24) is 20.4 Å². The molecule has 0 atom stereocenters. The Bertz CT molecular complexity index is 588. The number of hydrogen-bond donors (Lipinski definition) is 2. The summed E-state index contributed by atoms with van der Waals surface area (Å²) >= 11 is 0. The fourth-order valence-electron chi connectivity index (χ4n) is 3.47. The van der Waals surface area contributed by atoms with Gasteiger partial charge in [-0.3, -0.25) is 4.99 Å². The van der Waals surface area contributed by atoms with Crippen molar-refractivity contribution in [2.75, 3.05) is 59.4 Å². The number of aliphatic imine (C=N–C) groups is 1. The summed E-state index contributed by atoms with van der Waals surface area (Å²) in [5, 5.41) is 6.73. The van der Waals surface area contributed by atoms with Gasteiger partial charge in [-0.2, -0.15) is 0 Å². The molecule has 0 radical (unpaired) electrons. The van der Waals surface area contributed by atoms with Crippen LogP contribution in [0.15, 0.2) is 23.2 Å².